The average molecular weight is 351 g/mol. The number of aromatic nitrogens is 3. The number of aryl methyl sites for hydroxylation is 1. The monoisotopic (exact) mass is 350 g/mol. The van der Waals surface area contributed by atoms with Crippen LogP contribution in [0.1, 0.15) is 30.4 Å². The highest BCUT2D eigenvalue weighted by molar-refractivity contribution is 7.99. The van der Waals surface area contributed by atoms with Crippen LogP contribution in [0.4, 0.5) is 5.82 Å². The molecule has 0 aliphatic carbocycles. The van der Waals surface area contributed by atoms with E-state index >= 15 is 0 Å². The third kappa shape index (κ3) is 3.19. The predicted octanol–water partition coefficient (Wildman–Crippen LogP) is 4.74. The first kappa shape index (κ1) is 15.5. The van der Waals surface area contributed by atoms with E-state index in [1.165, 1.54) is 27.4 Å². The molecule has 2 N–H and O–H groups in total. The average Bonchev–Trinajstić information content (AvgIpc) is 2.88. The molecule has 3 aromatic heterocycles. The minimum atomic E-state index is 0.117. The molecule has 0 amide bonds. The van der Waals surface area contributed by atoms with Crippen LogP contribution in [0.2, 0.25) is 5.15 Å². The van der Waals surface area contributed by atoms with Gasteiger partial charge in [0.1, 0.15) is 11.0 Å². The third-order valence-corrected chi connectivity index (χ3v) is 5.50. The van der Waals surface area contributed by atoms with E-state index in [1.54, 1.807) is 17.4 Å². The van der Waals surface area contributed by atoms with Crippen molar-refractivity contribution in [2.24, 2.45) is 0 Å². The third-order valence-electron chi connectivity index (χ3n) is 3.34. The molecule has 0 radical (unpaired) electrons. The fraction of sp³-hybridized carbons (Fsp3) is 0.267. The molecular weight excluding hydrogens is 336 g/mol. The Hall–Kier alpha value is -1.37. The quantitative estimate of drug-likeness (QED) is 0.418. The maximum Gasteiger partial charge on any atom is 0.191 e. The van der Waals surface area contributed by atoms with Crippen LogP contribution < -0.4 is 5.73 Å². The molecule has 0 fully saturated rings. The molecule has 0 aliphatic rings. The Morgan fingerprint density at radius 3 is 2.91 bits per heavy atom. The summed E-state index contributed by atoms with van der Waals surface area (Å²) in [5, 5.41) is 4.54. The second-order valence-electron chi connectivity index (χ2n) is 4.88. The molecule has 4 nitrogen and oxygen atoms in total. The largest absolute Gasteiger partial charge is 0.384 e. The Balaban J connectivity index is 1.89. The van der Waals surface area contributed by atoms with E-state index < -0.39 is 0 Å². The summed E-state index contributed by atoms with van der Waals surface area (Å²) in [5.74, 6) is 0.379. The van der Waals surface area contributed by atoms with Crippen molar-refractivity contribution in [2.45, 2.75) is 30.7 Å². The van der Waals surface area contributed by atoms with E-state index in [2.05, 4.69) is 40.2 Å². The van der Waals surface area contributed by atoms with E-state index in [4.69, 9.17) is 17.3 Å². The number of pyridine rings is 1. The van der Waals surface area contributed by atoms with Crippen molar-refractivity contribution < 1.29 is 0 Å². The van der Waals surface area contributed by atoms with Crippen LogP contribution in [0, 0.1) is 0 Å². The lowest BCUT2D eigenvalue weighted by Crippen LogP contribution is -1.98. The van der Waals surface area contributed by atoms with E-state index in [1.807, 2.05) is 6.20 Å². The molecule has 0 bridgehead atoms. The van der Waals surface area contributed by atoms with Crippen molar-refractivity contribution in [3.63, 3.8) is 0 Å². The molecular formula is C15H15ClN4S2. The Bertz CT molecular complexity index is 798. The van der Waals surface area contributed by atoms with Gasteiger partial charge in [0.25, 0.3) is 0 Å². The number of thiophene rings is 1. The highest BCUT2D eigenvalue weighted by atomic mass is 35.5. The Kier molecular flexibility index (Phi) is 4.52. The van der Waals surface area contributed by atoms with Gasteiger partial charge < -0.3 is 5.73 Å². The van der Waals surface area contributed by atoms with E-state index in [0.29, 0.717) is 16.1 Å². The van der Waals surface area contributed by atoms with E-state index in [9.17, 15) is 0 Å². The zero-order valence-electron chi connectivity index (χ0n) is 12.2. The molecule has 0 saturated carbocycles. The molecule has 7 heteroatoms. The van der Waals surface area contributed by atoms with Gasteiger partial charge in [-0.25, -0.2) is 9.97 Å². The second-order valence-corrected chi connectivity index (χ2v) is 7.48. The fourth-order valence-corrected chi connectivity index (χ4v) is 4.29. The van der Waals surface area contributed by atoms with Gasteiger partial charge in [0.15, 0.2) is 5.16 Å². The summed E-state index contributed by atoms with van der Waals surface area (Å²) in [5.41, 5.74) is 8.08. The summed E-state index contributed by atoms with van der Waals surface area (Å²) < 4.78 is 1.22. The summed E-state index contributed by atoms with van der Waals surface area (Å²) in [7, 11) is 0. The number of halogens is 1. The molecule has 1 atom stereocenters. The smallest absolute Gasteiger partial charge is 0.191 e. The summed E-state index contributed by atoms with van der Waals surface area (Å²) in [4.78, 5) is 13.0. The van der Waals surface area contributed by atoms with E-state index in [0.717, 1.165) is 12.1 Å². The first-order valence-electron chi connectivity index (χ1n) is 6.89. The van der Waals surface area contributed by atoms with Crippen LogP contribution in [0.15, 0.2) is 28.9 Å². The van der Waals surface area contributed by atoms with Gasteiger partial charge in [0, 0.05) is 12.3 Å². The maximum atomic E-state index is 5.92. The van der Waals surface area contributed by atoms with Gasteiger partial charge in [0.2, 0.25) is 0 Å². The minimum Gasteiger partial charge on any atom is -0.384 e. The summed E-state index contributed by atoms with van der Waals surface area (Å²) >= 11 is 9.17. The van der Waals surface area contributed by atoms with E-state index in [-0.39, 0.29) is 5.25 Å². The van der Waals surface area contributed by atoms with Crippen LogP contribution in [-0.4, -0.2) is 15.0 Å². The van der Waals surface area contributed by atoms with Crippen molar-refractivity contribution in [1.82, 2.24) is 15.0 Å². The number of rotatable bonds is 4. The van der Waals surface area contributed by atoms with Gasteiger partial charge in [-0.3, -0.25) is 4.98 Å². The highest BCUT2D eigenvalue weighted by Gasteiger charge is 2.14. The van der Waals surface area contributed by atoms with Crippen LogP contribution in [0.5, 0.6) is 0 Å². The van der Waals surface area contributed by atoms with Crippen molar-refractivity contribution in [2.75, 3.05) is 5.73 Å². The zero-order valence-corrected chi connectivity index (χ0v) is 14.6. The molecule has 0 saturated heterocycles. The van der Waals surface area contributed by atoms with Crippen LogP contribution in [0.25, 0.3) is 10.1 Å². The molecule has 0 aliphatic heterocycles. The Labute approximate surface area is 142 Å². The minimum absolute atomic E-state index is 0.117. The number of fused-ring (bicyclic) bond motifs is 1. The first-order chi connectivity index (χ1) is 10.6. The summed E-state index contributed by atoms with van der Waals surface area (Å²) in [6.45, 7) is 4.25. The van der Waals surface area contributed by atoms with Gasteiger partial charge >= 0.3 is 0 Å². The molecule has 0 aromatic carbocycles. The molecule has 114 valence electrons. The predicted molar refractivity (Wildman–Crippen MR) is 94.7 cm³/mol. The molecule has 3 aromatic rings. The number of thioether (sulfide) groups is 1. The van der Waals surface area contributed by atoms with Crippen LogP contribution >= 0.6 is 34.7 Å². The standard InChI is InChI=1S/C15H15ClN4S2/c1-3-9-7-21-12-6-18-11(4-10(9)12)8(2)22-15-19-13(16)5-14(17)20-15/h4-8H,3H2,1-2H3,(H2,17,19,20). The van der Waals surface area contributed by atoms with Crippen molar-refractivity contribution in [3.8, 4) is 0 Å². The molecule has 22 heavy (non-hydrogen) atoms. The van der Waals surface area contributed by atoms with Gasteiger partial charge in [-0.15, -0.1) is 11.3 Å². The number of nitrogen functional groups attached to an aromatic ring is 1. The zero-order chi connectivity index (χ0) is 15.7. The number of hydrogen-bond acceptors (Lipinski definition) is 6. The molecule has 3 heterocycles. The van der Waals surface area contributed by atoms with Crippen LogP contribution in [0.3, 0.4) is 0 Å². The van der Waals surface area contributed by atoms with Crippen molar-refractivity contribution >= 4 is 50.6 Å². The molecule has 1 unspecified atom stereocenters. The number of anilines is 1. The SMILES string of the molecule is CCc1csc2cnc(C(C)Sc3nc(N)cc(Cl)n3)cc12. The van der Waals surface area contributed by atoms with Gasteiger partial charge in [-0.2, -0.15) is 0 Å². The van der Waals surface area contributed by atoms with Crippen molar-refractivity contribution in [1.29, 1.82) is 0 Å². The number of nitrogens with two attached hydrogens (primary N) is 1. The molecule has 0 spiro atoms. The summed E-state index contributed by atoms with van der Waals surface area (Å²) in [6.07, 6.45) is 2.97. The topological polar surface area (TPSA) is 64.7 Å². The second kappa shape index (κ2) is 6.40. The number of hydrogen-bond donors (Lipinski definition) is 1. The number of nitrogens with zero attached hydrogens (tertiary/aromatic N) is 3. The Morgan fingerprint density at radius 2 is 2.18 bits per heavy atom. The lowest BCUT2D eigenvalue weighted by molar-refractivity contribution is 0.947. The van der Waals surface area contributed by atoms with Gasteiger partial charge in [-0.1, -0.05) is 30.3 Å². The van der Waals surface area contributed by atoms with Crippen LogP contribution in [-0.2, 0) is 6.42 Å². The normalized spacial score (nSPS) is 12.7. The lowest BCUT2D eigenvalue weighted by atomic mass is 10.1. The highest BCUT2D eigenvalue weighted by Crippen LogP contribution is 2.35. The van der Waals surface area contributed by atoms with Gasteiger partial charge in [-0.05, 0) is 35.7 Å². The Morgan fingerprint density at radius 1 is 1.36 bits per heavy atom. The van der Waals surface area contributed by atoms with Gasteiger partial charge in [0.05, 0.1) is 15.6 Å². The first-order valence-corrected chi connectivity index (χ1v) is 9.03. The van der Waals surface area contributed by atoms with Crippen molar-refractivity contribution in [3.05, 3.63) is 40.1 Å². The fourth-order valence-electron chi connectivity index (χ4n) is 2.18. The summed E-state index contributed by atoms with van der Waals surface area (Å²) in [6, 6.07) is 3.70. The lowest BCUT2D eigenvalue weighted by Gasteiger charge is -2.10. The maximum absolute atomic E-state index is 5.92. The molecule has 3 rings (SSSR count).